The first-order valence-electron chi connectivity index (χ1n) is 4.85. The van der Waals surface area contributed by atoms with Crippen LogP contribution in [-0.2, 0) is 0 Å². The number of halogens is 1. The maximum absolute atomic E-state index is 13.4. The molecule has 0 aliphatic rings. The summed E-state index contributed by atoms with van der Waals surface area (Å²) in [6, 6.07) is 5.77. The predicted octanol–water partition coefficient (Wildman–Crippen LogP) is 2.72. The number of amides is 1. The Hall–Kier alpha value is -2.02. The van der Waals surface area contributed by atoms with Crippen molar-refractivity contribution in [3.63, 3.8) is 0 Å². The van der Waals surface area contributed by atoms with Gasteiger partial charge in [0.25, 0.3) is 0 Å². The van der Waals surface area contributed by atoms with E-state index in [1.54, 1.807) is 6.07 Å². The summed E-state index contributed by atoms with van der Waals surface area (Å²) in [4.78, 5) is 11.9. The van der Waals surface area contributed by atoms with Gasteiger partial charge >= 0.3 is 6.09 Å². The summed E-state index contributed by atoms with van der Waals surface area (Å²) in [5.74, 6) is 1.86. The highest BCUT2D eigenvalue weighted by molar-refractivity contribution is 5.86. The van der Waals surface area contributed by atoms with Crippen LogP contribution in [0.15, 0.2) is 24.3 Å². The van der Waals surface area contributed by atoms with E-state index in [-0.39, 0.29) is 12.2 Å². The van der Waals surface area contributed by atoms with Gasteiger partial charge in [-0.15, -0.1) is 12.3 Å². The minimum atomic E-state index is -1.18. The smallest absolute Gasteiger partial charge is 0.411 e. The summed E-state index contributed by atoms with van der Waals surface area (Å²) < 4.78 is 13.4. The summed E-state index contributed by atoms with van der Waals surface area (Å²) in [7, 11) is 0. The number of anilines is 1. The summed E-state index contributed by atoms with van der Waals surface area (Å²) >= 11 is 0. The molecule has 1 aromatic carbocycles. The SMILES string of the molecule is C#CCCCN(C(=O)O)c1ccccc1F. The van der Waals surface area contributed by atoms with Crippen LogP contribution in [0.25, 0.3) is 0 Å². The molecule has 0 heterocycles. The lowest BCUT2D eigenvalue weighted by atomic mass is 10.2. The number of hydrogen-bond donors (Lipinski definition) is 1. The molecule has 0 bridgehead atoms. The molecule has 1 amide bonds. The van der Waals surface area contributed by atoms with E-state index in [1.807, 2.05) is 0 Å². The lowest BCUT2D eigenvalue weighted by Gasteiger charge is -2.19. The number of rotatable bonds is 4. The van der Waals surface area contributed by atoms with Gasteiger partial charge in [-0.25, -0.2) is 9.18 Å². The van der Waals surface area contributed by atoms with Crippen molar-refractivity contribution in [2.75, 3.05) is 11.4 Å². The monoisotopic (exact) mass is 221 g/mol. The van der Waals surface area contributed by atoms with Gasteiger partial charge in [0.15, 0.2) is 0 Å². The first-order chi connectivity index (χ1) is 7.66. The van der Waals surface area contributed by atoms with Crippen molar-refractivity contribution in [1.82, 2.24) is 0 Å². The summed E-state index contributed by atoms with van der Waals surface area (Å²) in [5.41, 5.74) is 0.0621. The Kier molecular flexibility index (Phi) is 4.34. The van der Waals surface area contributed by atoms with E-state index in [0.717, 1.165) is 4.90 Å². The largest absolute Gasteiger partial charge is 0.465 e. The lowest BCUT2D eigenvalue weighted by Crippen LogP contribution is -2.30. The standard InChI is InChI=1S/C12H12FNO2/c1-2-3-6-9-14(12(15)16)11-8-5-4-7-10(11)13/h1,4-5,7-8H,3,6,9H2,(H,15,16). The average molecular weight is 221 g/mol. The van der Waals surface area contributed by atoms with Gasteiger partial charge in [0.1, 0.15) is 5.82 Å². The van der Waals surface area contributed by atoms with Crippen LogP contribution in [0.1, 0.15) is 12.8 Å². The molecule has 0 aliphatic carbocycles. The summed E-state index contributed by atoms with van der Waals surface area (Å²) in [5, 5.41) is 8.96. The van der Waals surface area contributed by atoms with Gasteiger partial charge in [0, 0.05) is 13.0 Å². The third kappa shape index (κ3) is 2.99. The van der Waals surface area contributed by atoms with Crippen molar-refractivity contribution in [2.24, 2.45) is 0 Å². The quantitative estimate of drug-likeness (QED) is 0.627. The van der Waals surface area contributed by atoms with Crippen LogP contribution in [0.3, 0.4) is 0 Å². The molecule has 1 aromatic rings. The van der Waals surface area contributed by atoms with Gasteiger partial charge in [-0.3, -0.25) is 4.90 Å². The van der Waals surface area contributed by atoms with Crippen LogP contribution >= 0.6 is 0 Å². The summed E-state index contributed by atoms with van der Waals surface area (Å²) in [6.45, 7) is 0.195. The molecule has 16 heavy (non-hydrogen) atoms. The van der Waals surface area contributed by atoms with E-state index in [9.17, 15) is 9.18 Å². The number of para-hydroxylation sites is 1. The Morgan fingerprint density at radius 3 is 2.75 bits per heavy atom. The fourth-order valence-corrected chi connectivity index (χ4v) is 1.33. The zero-order valence-corrected chi connectivity index (χ0v) is 8.69. The maximum atomic E-state index is 13.4. The molecule has 0 saturated heterocycles. The number of hydrogen-bond acceptors (Lipinski definition) is 1. The van der Waals surface area contributed by atoms with Crippen LogP contribution in [-0.4, -0.2) is 17.7 Å². The number of unbranched alkanes of at least 4 members (excludes halogenated alkanes) is 1. The molecule has 0 radical (unpaired) electrons. The fourth-order valence-electron chi connectivity index (χ4n) is 1.33. The van der Waals surface area contributed by atoms with E-state index in [1.165, 1.54) is 18.2 Å². The molecular weight excluding hydrogens is 209 g/mol. The number of carbonyl (C=O) groups is 1. The topological polar surface area (TPSA) is 40.5 Å². The van der Waals surface area contributed by atoms with Gasteiger partial charge in [0.2, 0.25) is 0 Å². The van der Waals surface area contributed by atoms with Gasteiger partial charge in [-0.1, -0.05) is 12.1 Å². The Morgan fingerprint density at radius 1 is 1.50 bits per heavy atom. The van der Waals surface area contributed by atoms with E-state index in [0.29, 0.717) is 12.8 Å². The first kappa shape index (κ1) is 12.1. The van der Waals surface area contributed by atoms with Crippen molar-refractivity contribution in [3.05, 3.63) is 30.1 Å². The molecule has 0 aromatic heterocycles. The van der Waals surface area contributed by atoms with Gasteiger partial charge in [-0.2, -0.15) is 0 Å². The van der Waals surface area contributed by atoms with Crippen molar-refractivity contribution >= 4 is 11.8 Å². The molecule has 1 rings (SSSR count). The Labute approximate surface area is 93.5 Å². The Bertz CT molecular complexity index is 412. The second kappa shape index (κ2) is 5.76. The van der Waals surface area contributed by atoms with Gasteiger partial charge in [0.05, 0.1) is 5.69 Å². The van der Waals surface area contributed by atoms with Crippen LogP contribution in [0.4, 0.5) is 14.9 Å². The highest BCUT2D eigenvalue weighted by atomic mass is 19.1. The lowest BCUT2D eigenvalue weighted by molar-refractivity contribution is 0.201. The molecular formula is C12H12FNO2. The molecule has 0 aliphatic heterocycles. The Morgan fingerprint density at radius 2 is 2.19 bits per heavy atom. The molecule has 1 N–H and O–H groups in total. The fraction of sp³-hybridized carbons (Fsp3) is 0.250. The van der Waals surface area contributed by atoms with Crippen molar-refractivity contribution in [3.8, 4) is 12.3 Å². The number of benzene rings is 1. The summed E-state index contributed by atoms with van der Waals surface area (Å²) in [6.07, 6.45) is 4.87. The molecule has 3 nitrogen and oxygen atoms in total. The van der Waals surface area contributed by atoms with Crippen molar-refractivity contribution in [1.29, 1.82) is 0 Å². The van der Waals surface area contributed by atoms with E-state index in [2.05, 4.69) is 5.92 Å². The van der Waals surface area contributed by atoms with Crippen LogP contribution < -0.4 is 4.90 Å². The zero-order valence-electron chi connectivity index (χ0n) is 8.69. The maximum Gasteiger partial charge on any atom is 0.411 e. The number of nitrogens with zero attached hydrogens (tertiary/aromatic N) is 1. The van der Waals surface area contributed by atoms with E-state index < -0.39 is 11.9 Å². The van der Waals surface area contributed by atoms with Crippen LogP contribution in [0, 0.1) is 18.2 Å². The van der Waals surface area contributed by atoms with E-state index >= 15 is 0 Å². The Balaban J connectivity index is 2.83. The molecule has 0 unspecified atom stereocenters. The normalized spacial score (nSPS) is 9.50. The van der Waals surface area contributed by atoms with Crippen LogP contribution in [0.2, 0.25) is 0 Å². The predicted molar refractivity (Wildman–Crippen MR) is 59.8 cm³/mol. The van der Waals surface area contributed by atoms with Crippen LogP contribution in [0.5, 0.6) is 0 Å². The molecule has 4 heteroatoms. The molecule has 0 fully saturated rings. The number of terminal acetylenes is 1. The van der Waals surface area contributed by atoms with Crippen molar-refractivity contribution < 1.29 is 14.3 Å². The number of carboxylic acid groups (broad SMARTS) is 1. The van der Waals surface area contributed by atoms with Gasteiger partial charge in [-0.05, 0) is 18.6 Å². The molecule has 0 saturated carbocycles. The average Bonchev–Trinajstić information content (AvgIpc) is 2.25. The minimum absolute atomic E-state index is 0.0621. The first-order valence-corrected chi connectivity index (χ1v) is 4.85. The molecule has 0 spiro atoms. The van der Waals surface area contributed by atoms with Crippen molar-refractivity contribution in [2.45, 2.75) is 12.8 Å². The molecule has 84 valence electrons. The highest BCUT2D eigenvalue weighted by Gasteiger charge is 2.16. The third-order valence-corrected chi connectivity index (χ3v) is 2.08. The van der Waals surface area contributed by atoms with Gasteiger partial charge < -0.3 is 5.11 Å². The minimum Gasteiger partial charge on any atom is -0.465 e. The van der Waals surface area contributed by atoms with E-state index in [4.69, 9.17) is 11.5 Å². The second-order valence-corrected chi connectivity index (χ2v) is 3.19. The zero-order chi connectivity index (χ0) is 12.0. The highest BCUT2D eigenvalue weighted by Crippen LogP contribution is 2.19. The molecule has 0 atom stereocenters. The second-order valence-electron chi connectivity index (χ2n) is 3.19. The third-order valence-electron chi connectivity index (χ3n) is 2.08.